The second-order valence-corrected chi connectivity index (χ2v) is 8.08. The molecule has 3 heterocycles. The monoisotopic (exact) mass is 389 g/mol. The van der Waals surface area contributed by atoms with Gasteiger partial charge in [0.1, 0.15) is 6.04 Å². The number of nitrogens with zero attached hydrogens (tertiary/aromatic N) is 1. The number of fused-ring (bicyclic) bond motifs is 3. The molecule has 2 aliphatic heterocycles. The van der Waals surface area contributed by atoms with Gasteiger partial charge in [0.05, 0.1) is 11.4 Å². The van der Waals surface area contributed by atoms with Crippen LogP contribution < -0.4 is 15.5 Å². The molecular formula is C22H19N3O2S. The number of thiophene rings is 1. The van der Waals surface area contributed by atoms with Gasteiger partial charge in [-0.3, -0.25) is 9.59 Å². The van der Waals surface area contributed by atoms with Crippen molar-refractivity contribution in [3.8, 4) is 10.4 Å². The number of carbonyl (C=O) groups is 2. The Morgan fingerprint density at radius 3 is 2.68 bits per heavy atom. The summed E-state index contributed by atoms with van der Waals surface area (Å²) >= 11 is 1.68. The number of rotatable bonds is 3. The predicted molar refractivity (Wildman–Crippen MR) is 112 cm³/mol. The Morgan fingerprint density at radius 1 is 1.07 bits per heavy atom. The van der Waals surface area contributed by atoms with E-state index in [0.717, 1.165) is 16.9 Å². The normalized spacial score (nSPS) is 20.3. The first-order valence-corrected chi connectivity index (χ1v) is 10.2. The summed E-state index contributed by atoms with van der Waals surface area (Å²) in [5, 5.41) is 8.10. The molecule has 2 aliphatic rings. The summed E-state index contributed by atoms with van der Waals surface area (Å²) in [6, 6.07) is 19.2. The average molecular weight is 389 g/mol. The summed E-state index contributed by atoms with van der Waals surface area (Å²) in [5.41, 5.74) is 3.59. The molecule has 2 amide bonds. The molecular weight excluding hydrogens is 370 g/mol. The third-order valence-electron chi connectivity index (χ3n) is 5.36. The minimum absolute atomic E-state index is 0.00394. The topological polar surface area (TPSA) is 61.4 Å². The van der Waals surface area contributed by atoms with E-state index >= 15 is 0 Å². The maximum absolute atomic E-state index is 12.7. The van der Waals surface area contributed by atoms with Gasteiger partial charge in [0.25, 0.3) is 5.91 Å². The van der Waals surface area contributed by atoms with Crippen LogP contribution in [0.1, 0.15) is 16.8 Å². The molecule has 0 spiro atoms. The molecule has 6 heteroatoms. The van der Waals surface area contributed by atoms with Crippen LogP contribution in [0.3, 0.4) is 0 Å². The molecule has 0 saturated carbocycles. The van der Waals surface area contributed by atoms with E-state index in [0.29, 0.717) is 18.5 Å². The van der Waals surface area contributed by atoms with Crippen LogP contribution in [0.5, 0.6) is 0 Å². The molecule has 140 valence electrons. The predicted octanol–water partition coefficient (Wildman–Crippen LogP) is 3.74. The fourth-order valence-electron chi connectivity index (χ4n) is 4.00. The van der Waals surface area contributed by atoms with Crippen molar-refractivity contribution < 1.29 is 9.59 Å². The van der Waals surface area contributed by atoms with Gasteiger partial charge in [0.15, 0.2) is 0 Å². The van der Waals surface area contributed by atoms with Crippen LogP contribution in [0, 0.1) is 0 Å². The van der Waals surface area contributed by atoms with Crippen molar-refractivity contribution in [3.05, 3.63) is 71.6 Å². The van der Waals surface area contributed by atoms with Crippen LogP contribution in [-0.4, -0.2) is 30.4 Å². The fraction of sp³-hybridized carbons (Fsp3) is 0.182. The lowest BCUT2D eigenvalue weighted by molar-refractivity contribution is -0.117. The molecule has 2 aromatic carbocycles. The maximum atomic E-state index is 12.7. The van der Waals surface area contributed by atoms with Gasteiger partial charge in [-0.1, -0.05) is 30.3 Å². The number of benzene rings is 2. The molecule has 1 aromatic heterocycles. The summed E-state index contributed by atoms with van der Waals surface area (Å²) in [6.45, 7) is 0.633. The first kappa shape index (κ1) is 17.0. The molecule has 2 atom stereocenters. The van der Waals surface area contributed by atoms with Gasteiger partial charge >= 0.3 is 0 Å². The second-order valence-electron chi connectivity index (χ2n) is 7.14. The van der Waals surface area contributed by atoms with E-state index in [9.17, 15) is 9.59 Å². The lowest BCUT2D eigenvalue weighted by Crippen LogP contribution is -2.44. The summed E-state index contributed by atoms with van der Waals surface area (Å²) in [6.07, 6.45) is 0.610. The Hall–Kier alpha value is -3.12. The Labute approximate surface area is 167 Å². The molecule has 3 aromatic rings. The molecule has 0 radical (unpaired) electrons. The highest BCUT2D eigenvalue weighted by molar-refractivity contribution is 7.13. The number of amides is 2. The smallest absolute Gasteiger partial charge is 0.251 e. The largest absolute Gasteiger partial charge is 0.356 e. The molecule has 2 N–H and O–H groups in total. The van der Waals surface area contributed by atoms with E-state index in [4.69, 9.17) is 0 Å². The quantitative estimate of drug-likeness (QED) is 0.717. The standard InChI is InChI=1S/C22H19N3O2S/c26-21(15-9-7-14(8-10-15)20-6-3-11-28-20)23-16-12-19-22(27)24-17-4-1-2-5-18(17)25(19)13-16/h1-11,16,19H,12-13H2,(H,23,26)(H,24,27)/t16-,19-/m0/s1. The molecule has 1 saturated heterocycles. The van der Waals surface area contributed by atoms with E-state index < -0.39 is 0 Å². The Balaban J connectivity index is 1.30. The highest BCUT2D eigenvalue weighted by Gasteiger charge is 2.41. The van der Waals surface area contributed by atoms with Crippen molar-refractivity contribution >= 4 is 34.5 Å². The number of para-hydroxylation sites is 2. The summed E-state index contributed by atoms with van der Waals surface area (Å²) in [4.78, 5) is 28.4. The van der Waals surface area contributed by atoms with E-state index in [1.807, 2.05) is 60.0 Å². The van der Waals surface area contributed by atoms with Gasteiger partial charge in [-0.15, -0.1) is 11.3 Å². The zero-order valence-corrected chi connectivity index (χ0v) is 15.9. The fourth-order valence-corrected chi connectivity index (χ4v) is 4.73. The lowest BCUT2D eigenvalue weighted by Gasteiger charge is -2.32. The number of hydrogen-bond acceptors (Lipinski definition) is 4. The van der Waals surface area contributed by atoms with Crippen LogP contribution in [0.25, 0.3) is 10.4 Å². The van der Waals surface area contributed by atoms with Crippen molar-refractivity contribution in [1.29, 1.82) is 0 Å². The highest BCUT2D eigenvalue weighted by atomic mass is 32.1. The van der Waals surface area contributed by atoms with Gasteiger partial charge in [-0.2, -0.15) is 0 Å². The van der Waals surface area contributed by atoms with Gasteiger partial charge in [-0.05, 0) is 47.7 Å². The molecule has 28 heavy (non-hydrogen) atoms. The van der Waals surface area contributed by atoms with Gasteiger partial charge in [0.2, 0.25) is 5.91 Å². The molecule has 5 rings (SSSR count). The van der Waals surface area contributed by atoms with Crippen molar-refractivity contribution in [2.75, 3.05) is 16.8 Å². The number of carbonyl (C=O) groups excluding carboxylic acids is 2. The van der Waals surface area contributed by atoms with Gasteiger partial charge < -0.3 is 15.5 Å². The SMILES string of the molecule is O=C(N[C@H]1C[C@H]2C(=O)Nc3ccccc3N2C1)c1ccc(-c2cccs2)cc1. The Morgan fingerprint density at radius 2 is 1.89 bits per heavy atom. The number of hydrogen-bond donors (Lipinski definition) is 2. The van der Waals surface area contributed by atoms with E-state index in [1.165, 1.54) is 4.88 Å². The number of anilines is 2. The van der Waals surface area contributed by atoms with E-state index in [2.05, 4.69) is 21.6 Å². The first-order valence-electron chi connectivity index (χ1n) is 9.30. The summed E-state index contributed by atoms with van der Waals surface area (Å²) in [5.74, 6) is -0.105. The third-order valence-corrected chi connectivity index (χ3v) is 6.28. The summed E-state index contributed by atoms with van der Waals surface area (Å²) < 4.78 is 0. The van der Waals surface area contributed by atoms with Crippen molar-refractivity contribution in [2.45, 2.75) is 18.5 Å². The van der Waals surface area contributed by atoms with Crippen LogP contribution in [0.15, 0.2) is 66.0 Å². The zero-order chi connectivity index (χ0) is 19.1. The van der Waals surface area contributed by atoms with Crippen LogP contribution in [0.2, 0.25) is 0 Å². The van der Waals surface area contributed by atoms with Crippen LogP contribution in [-0.2, 0) is 4.79 Å². The van der Waals surface area contributed by atoms with Crippen molar-refractivity contribution in [1.82, 2.24) is 5.32 Å². The van der Waals surface area contributed by atoms with E-state index in [1.54, 1.807) is 11.3 Å². The second kappa shape index (κ2) is 6.80. The molecule has 0 unspecified atom stereocenters. The zero-order valence-electron chi connectivity index (χ0n) is 15.1. The van der Waals surface area contributed by atoms with Crippen molar-refractivity contribution in [2.24, 2.45) is 0 Å². The maximum Gasteiger partial charge on any atom is 0.251 e. The minimum atomic E-state index is -0.235. The van der Waals surface area contributed by atoms with Crippen LogP contribution in [0.4, 0.5) is 11.4 Å². The Kier molecular flexibility index (Phi) is 4.13. The van der Waals surface area contributed by atoms with Gasteiger partial charge in [0, 0.05) is 23.0 Å². The van der Waals surface area contributed by atoms with E-state index in [-0.39, 0.29) is 23.9 Å². The highest BCUT2D eigenvalue weighted by Crippen LogP contribution is 2.36. The molecule has 5 nitrogen and oxygen atoms in total. The number of nitrogens with one attached hydrogen (secondary N) is 2. The minimum Gasteiger partial charge on any atom is -0.356 e. The molecule has 0 bridgehead atoms. The van der Waals surface area contributed by atoms with Crippen molar-refractivity contribution in [3.63, 3.8) is 0 Å². The molecule has 1 fully saturated rings. The Bertz CT molecular complexity index is 1030. The van der Waals surface area contributed by atoms with Crippen LogP contribution >= 0.6 is 11.3 Å². The third kappa shape index (κ3) is 2.96. The first-order chi connectivity index (χ1) is 13.7. The van der Waals surface area contributed by atoms with Gasteiger partial charge in [-0.25, -0.2) is 0 Å². The molecule has 0 aliphatic carbocycles. The average Bonchev–Trinajstić information content (AvgIpc) is 3.39. The summed E-state index contributed by atoms with van der Waals surface area (Å²) in [7, 11) is 0. The lowest BCUT2D eigenvalue weighted by atomic mass is 10.1.